The van der Waals surface area contributed by atoms with Crippen LogP contribution >= 0.6 is 0 Å². The number of anilines is 1. The summed E-state index contributed by atoms with van der Waals surface area (Å²) in [5.41, 5.74) is 1.07. The molecule has 3 N–H and O–H groups in total. The third kappa shape index (κ3) is 5.40. The molecule has 0 radical (unpaired) electrons. The molecule has 27 heavy (non-hydrogen) atoms. The maximum absolute atomic E-state index is 12.4. The third-order valence-electron chi connectivity index (χ3n) is 3.61. The molecule has 8 heteroatoms. The Morgan fingerprint density at radius 3 is 2.15 bits per heavy atom. The van der Waals surface area contributed by atoms with Gasteiger partial charge in [0.2, 0.25) is 0 Å². The van der Waals surface area contributed by atoms with Crippen molar-refractivity contribution in [2.24, 2.45) is 0 Å². The van der Waals surface area contributed by atoms with Crippen molar-refractivity contribution in [3.05, 3.63) is 65.2 Å². The van der Waals surface area contributed by atoms with Gasteiger partial charge in [-0.25, -0.2) is 4.79 Å². The van der Waals surface area contributed by atoms with Crippen LogP contribution < -0.4 is 10.6 Å². The van der Waals surface area contributed by atoms with E-state index < -0.39 is 23.8 Å². The standard InChI is InChI=1S/C19H18N2O6/c1-27-19(26)15-5-3-2-4-14(15)18(25)21-13-8-6-12(7-9-13)17(24)20-11-10-16(22)23/h2-9H,10-11H2,1H3,(H,20,24)(H,21,25)(H,22,23). The molecule has 2 aromatic rings. The first-order valence-electron chi connectivity index (χ1n) is 8.01. The summed E-state index contributed by atoms with van der Waals surface area (Å²) in [7, 11) is 1.23. The minimum Gasteiger partial charge on any atom is -0.481 e. The highest BCUT2D eigenvalue weighted by Gasteiger charge is 2.17. The van der Waals surface area contributed by atoms with Gasteiger partial charge in [0.1, 0.15) is 0 Å². The van der Waals surface area contributed by atoms with E-state index in [-0.39, 0.29) is 24.1 Å². The summed E-state index contributed by atoms with van der Waals surface area (Å²) in [5, 5.41) is 13.7. The summed E-state index contributed by atoms with van der Waals surface area (Å²) in [6, 6.07) is 12.3. The van der Waals surface area contributed by atoms with E-state index in [1.165, 1.54) is 43.5 Å². The molecule has 2 aromatic carbocycles. The van der Waals surface area contributed by atoms with Crippen molar-refractivity contribution in [2.45, 2.75) is 6.42 Å². The van der Waals surface area contributed by atoms with Crippen molar-refractivity contribution in [2.75, 3.05) is 19.0 Å². The lowest BCUT2D eigenvalue weighted by Gasteiger charge is -2.09. The predicted molar refractivity (Wildman–Crippen MR) is 96.8 cm³/mol. The Kier molecular flexibility index (Phi) is 6.65. The van der Waals surface area contributed by atoms with Crippen LogP contribution in [0.1, 0.15) is 37.5 Å². The summed E-state index contributed by atoms with van der Waals surface area (Å²) >= 11 is 0. The lowest BCUT2D eigenvalue weighted by atomic mass is 10.1. The summed E-state index contributed by atoms with van der Waals surface area (Å²) in [6.07, 6.45) is -0.167. The Morgan fingerprint density at radius 1 is 0.926 bits per heavy atom. The number of ether oxygens (including phenoxy) is 1. The highest BCUT2D eigenvalue weighted by atomic mass is 16.5. The fourth-order valence-electron chi connectivity index (χ4n) is 2.26. The fourth-order valence-corrected chi connectivity index (χ4v) is 2.26. The number of methoxy groups -OCH3 is 1. The second-order valence-corrected chi connectivity index (χ2v) is 5.47. The van der Waals surface area contributed by atoms with E-state index in [1.807, 2.05) is 0 Å². The molecule has 2 amide bonds. The topological polar surface area (TPSA) is 122 Å². The number of carboxylic acid groups (broad SMARTS) is 1. The number of amides is 2. The molecule has 2 rings (SSSR count). The number of benzene rings is 2. The Balaban J connectivity index is 2.04. The van der Waals surface area contributed by atoms with Gasteiger partial charge in [-0.05, 0) is 36.4 Å². The van der Waals surface area contributed by atoms with Gasteiger partial charge in [-0.1, -0.05) is 12.1 Å². The van der Waals surface area contributed by atoms with Crippen LogP contribution in [0.3, 0.4) is 0 Å². The number of esters is 1. The molecule has 0 saturated heterocycles. The first kappa shape index (κ1) is 19.6. The summed E-state index contributed by atoms with van der Waals surface area (Å²) < 4.78 is 4.67. The van der Waals surface area contributed by atoms with Crippen LogP contribution in [-0.4, -0.2) is 42.5 Å². The highest BCUT2D eigenvalue weighted by Crippen LogP contribution is 2.15. The molecule has 140 valence electrons. The van der Waals surface area contributed by atoms with Crippen LogP contribution in [0.5, 0.6) is 0 Å². The van der Waals surface area contributed by atoms with Crippen molar-refractivity contribution >= 4 is 29.4 Å². The van der Waals surface area contributed by atoms with Crippen LogP contribution in [0.4, 0.5) is 5.69 Å². The van der Waals surface area contributed by atoms with Gasteiger partial charge >= 0.3 is 11.9 Å². The zero-order valence-corrected chi connectivity index (χ0v) is 14.5. The molecule has 0 saturated carbocycles. The first-order valence-corrected chi connectivity index (χ1v) is 8.01. The van der Waals surface area contributed by atoms with Gasteiger partial charge in [-0.3, -0.25) is 14.4 Å². The molecule has 0 aromatic heterocycles. The Bertz CT molecular complexity index is 861. The molecule has 0 aliphatic carbocycles. The SMILES string of the molecule is COC(=O)c1ccccc1C(=O)Nc1ccc(C(=O)NCCC(=O)O)cc1. The smallest absolute Gasteiger partial charge is 0.338 e. The molecular formula is C19H18N2O6. The van der Waals surface area contributed by atoms with E-state index in [0.29, 0.717) is 11.3 Å². The van der Waals surface area contributed by atoms with Crippen LogP contribution in [0.15, 0.2) is 48.5 Å². The summed E-state index contributed by atoms with van der Waals surface area (Å²) in [6.45, 7) is 0.0248. The van der Waals surface area contributed by atoms with Crippen LogP contribution in [0, 0.1) is 0 Å². The quantitative estimate of drug-likeness (QED) is 0.640. The monoisotopic (exact) mass is 370 g/mol. The van der Waals surface area contributed by atoms with Gasteiger partial charge in [0.05, 0.1) is 24.7 Å². The second-order valence-electron chi connectivity index (χ2n) is 5.47. The molecule has 0 bridgehead atoms. The molecule has 0 aliphatic rings. The van der Waals surface area contributed by atoms with Crippen molar-refractivity contribution in [3.63, 3.8) is 0 Å². The number of carbonyl (C=O) groups excluding carboxylic acids is 3. The second kappa shape index (κ2) is 9.14. The van der Waals surface area contributed by atoms with Crippen molar-refractivity contribution in [1.29, 1.82) is 0 Å². The van der Waals surface area contributed by atoms with Gasteiger partial charge < -0.3 is 20.5 Å². The zero-order chi connectivity index (χ0) is 19.8. The van der Waals surface area contributed by atoms with E-state index in [2.05, 4.69) is 15.4 Å². The highest BCUT2D eigenvalue weighted by molar-refractivity contribution is 6.11. The summed E-state index contributed by atoms with van der Waals surface area (Å²) in [4.78, 5) is 46.5. The number of hydrogen-bond acceptors (Lipinski definition) is 5. The van der Waals surface area contributed by atoms with E-state index in [9.17, 15) is 19.2 Å². The Hall–Kier alpha value is -3.68. The zero-order valence-electron chi connectivity index (χ0n) is 14.5. The lowest BCUT2D eigenvalue weighted by Crippen LogP contribution is -2.26. The van der Waals surface area contributed by atoms with E-state index in [0.717, 1.165) is 0 Å². The van der Waals surface area contributed by atoms with Gasteiger partial charge in [0.15, 0.2) is 0 Å². The Labute approximate surface area is 155 Å². The van der Waals surface area contributed by atoms with Gasteiger partial charge in [0.25, 0.3) is 11.8 Å². The van der Waals surface area contributed by atoms with Gasteiger partial charge in [-0.15, -0.1) is 0 Å². The molecule has 0 fully saturated rings. The largest absolute Gasteiger partial charge is 0.481 e. The van der Waals surface area contributed by atoms with Gasteiger partial charge in [-0.2, -0.15) is 0 Å². The molecule has 0 heterocycles. The molecule has 8 nitrogen and oxygen atoms in total. The molecule has 0 spiro atoms. The predicted octanol–water partition coefficient (Wildman–Crippen LogP) is 1.93. The van der Waals surface area contributed by atoms with Crippen LogP contribution in [0.2, 0.25) is 0 Å². The van der Waals surface area contributed by atoms with Crippen molar-refractivity contribution < 1.29 is 29.0 Å². The third-order valence-corrected chi connectivity index (χ3v) is 3.61. The minimum absolute atomic E-state index is 0.0248. The maximum Gasteiger partial charge on any atom is 0.338 e. The van der Waals surface area contributed by atoms with Crippen molar-refractivity contribution in [1.82, 2.24) is 5.32 Å². The molecule has 0 aliphatic heterocycles. The normalized spacial score (nSPS) is 9.96. The number of carboxylic acids is 1. The lowest BCUT2D eigenvalue weighted by molar-refractivity contribution is -0.136. The average molecular weight is 370 g/mol. The average Bonchev–Trinajstić information content (AvgIpc) is 2.67. The molecule has 0 atom stereocenters. The van der Waals surface area contributed by atoms with E-state index in [1.54, 1.807) is 12.1 Å². The van der Waals surface area contributed by atoms with E-state index in [4.69, 9.17) is 5.11 Å². The van der Waals surface area contributed by atoms with Crippen molar-refractivity contribution in [3.8, 4) is 0 Å². The minimum atomic E-state index is -0.999. The maximum atomic E-state index is 12.4. The first-order chi connectivity index (χ1) is 12.9. The van der Waals surface area contributed by atoms with E-state index >= 15 is 0 Å². The number of aliphatic carboxylic acids is 1. The molecular weight excluding hydrogens is 352 g/mol. The van der Waals surface area contributed by atoms with Gasteiger partial charge in [0, 0.05) is 17.8 Å². The fraction of sp³-hybridized carbons (Fsp3) is 0.158. The number of hydrogen-bond donors (Lipinski definition) is 3. The van der Waals surface area contributed by atoms with Crippen LogP contribution in [-0.2, 0) is 9.53 Å². The van der Waals surface area contributed by atoms with Crippen LogP contribution in [0.25, 0.3) is 0 Å². The summed E-state index contributed by atoms with van der Waals surface area (Å²) in [5.74, 6) is -2.52. The molecule has 0 unspecified atom stereocenters. The number of nitrogens with one attached hydrogen (secondary N) is 2. The number of carbonyl (C=O) groups is 4. The number of rotatable bonds is 7. The Morgan fingerprint density at radius 2 is 1.56 bits per heavy atom.